The summed E-state index contributed by atoms with van der Waals surface area (Å²) in [6.45, 7) is 0. The second-order valence-electron chi connectivity index (χ2n) is 5.13. The summed E-state index contributed by atoms with van der Waals surface area (Å²) >= 11 is 0. The van der Waals surface area contributed by atoms with Gasteiger partial charge in [0.1, 0.15) is 0 Å². The fraction of sp³-hybridized carbons (Fsp3) is 0.125. The smallest absolute Gasteiger partial charge is 0.271 e. The molecule has 0 heterocycles. The Kier molecular flexibility index (Phi) is 5.88. The number of nitro benzene ring substituents is 1. The molecular weight excluding hydrogens is 324 g/mol. The van der Waals surface area contributed by atoms with Crippen molar-refractivity contribution in [3.05, 3.63) is 69.8 Å². The molecule has 0 aliphatic rings. The molecule has 0 saturated heterocycles. The maximum atomic E-state index is 12.0. The molecule has 0 aromatic heterocycles. The molecule has 0 radical (unpaired) electrons. The molecule has 2 aromatic carbocycles. The molecule has 0 saturated carbocycles. The summed E-state index contributed by atoms with van der Waals surface area (Å²) in [6.07, 6.45) is 1.40. The quantitative estimate of drug-likeness (QED) is 0.377. The zero-order valence-electron chi connectivity index (χ0n) is 13.7. The highest BCUT2D eigenvalue weighted by Gasteiger charge is 2.05. The molecule has 0 atom stereocenters. The van der Waals surface area contributed by atoms with Crippen molar-refractivity contribution in [1.82, 2.24) is 10.4 Å². The van der Waals surface area contributed by atoms with Gasteiger partial charge in [0, 0.05) is 31.8 Å². The van der Waals surface area contributed by atoms with E-state index in [1.54, 1.807) is 55.5 Å². The monoisotopic (exact) mass is 340 g/mol. The van der Waals surface area contributed by atoms with Crippen molar-refractivity contribution in [2.45, 2.75) is 0 Å². The summed E-state index contributed by atoms with van der Waals surface area (Å²) in [5, 5.41) is 23.8. The molecule has 0 unspecified atom stereocenters. The summed E-state index contributed by atoms with van der Waals surface area (Å²) in [5.41, 5.74) is 4.06. The minimum absolute atomic E-state index is 0.00677. The average Bonchev–Trinajstić information content (AvgIpc) is 2.60. The molecule has 2 rings (SSSR count). The number of nitro groups is 1. The van der Waals surface area contributed by atoms with E-state index in [0.717, 1.165) is 0 Å². The predicted molar refractivity (Wildman–Crippen MR) is 92.8 cm³/mol. The molecule has 1 N–H and O–H groups in total. The van der Waals surface area contributed by atoms with Crippen molar-refractivity contribution in [3.63, 3.8) is 0 Å². The standard InChI is InChI=1S/C16H16N6O3/c1-21(2)20-18-14-7-5-13(6-8-14)16(23)19-17-11-12-3-9-15(10-4-12)22(24)25/h3-11H,1-2H3,(H,19,23)/b17-11-,20-18?. The SMILES string of the molecule is CN(C)N=Nc1ccc(C(=O)N/N=C\c2ccc([N+](=O)[O-])cc2)cc1. The highest BCUT2D eigenvalue weighted by atomic mass is 16.6. The molecule has 9 heteroatoms. The second kappa shape index (κ2) is 8.29. The highest BCUT2D eigenvalue weighted by Crippen LogP contribution is 2.14. The summed E-state index contributed by atoms with van der Waals surface area (Å²) in [7, 11) is 3.52. The summed E-state index contributed by atoms with van der Waals surface area (Å²) < 4.78 is 0. The fourth-order valence-electron chi connectivity index (χ4n) is 1.73. The molecule has 0 fully saturated rings. The van der Waals surface area contributed by atoms with Crippen molar-refractivity contribution in [2.75, 3.05) is 14.1 Å². The second-order valence-corrected chi connectivity index (χ2v) is 5.13. The largest absolute Gasteiger partial charge is 0.285 e. The number of amides is 1. The Morgan fingerprint density at radius 1 is 1.12 bits per heavy atom. The first-order chi connectivity index (χ1) is 12.0. The van der Waals surface area contributed by atoms with Gasteiger partial charge in [-0.1, -0.05) is 5.22 Å². The topological polar surface area (TPSA) is 113 Å². The molecule has 0 spiro atoms. The van der Waals surface area contributed by atoms with Crippen LogP contribution in [0.25, 0.3) is 0 Å². The van der Waals surface area contributed by atoms with E-state index < -0.39 is 4.92 Å². The van der Waals surface area contributed by atoms with Crippen molar-refractivity contribution in [2.24, 2.45) is 15.4 Å². The van der Waals surface area contributed by atoms with Gasteiger partial charge in [-0.3, -0.25) is 19.9 Å². The lowest BCUT2D eigenvalue weighted by atomic mass is 10.2. The van der Waals surface area contributed by atoms with Gasteiger partial charge in [-0.2, -0.15) is 5.10 Å². The van der Waals surface area contributed by atoms with E-state index in [4.69, 9.17) is 0 Å². The van der Waals surface area contributed by atoms with Crippen molar-refractivity contribution in [1.29, 1.82) is 0 Å². The number of benzene rings is 2. The van der Waals surface area contributed by atoms with Gasteiger partial charge < -0.3 is 0 Å². The van der Waals surface area contributed by atoms with E-state index in [1.165, 1.54) is 18.3 Å². The molecule has 0 bridgehead atoms. The van der Waals surface area contributed by atoms with Crippen LogP contribution in [0.2, 0.25) is 0 Å². The Labute approximate surface area is 143 Å². The number of rotatable bonds is 6. The van der Waals surface area contributed by atoms with Crippen LogP contribution >= 0.6 is 0 Å². The molecule has 2 aromatic rings. The number of hydrogen-bond donors (Lipinski definition) is 1. The number of nitrogens with one attached hydrogen (secondary N) is 1. The number of carbonyl (C=O) groups excluding carboxylic acids is 1. The molecule has 0 aliphatic heterocycles. The van der Waals surface area contributed by atoms with Crippen LogP contribution in [0, 0.1) is 10.1 Å². The Bertz CT molecular complexity index is 798. The lowest BCUT2D eigenvalue weighted by Gasteiger charge is -2.02. The fourth-order valence-corrected chi connectivity index (χ4v) is 1.73. The van der Waals surface area contributed by atoms with Crippen LogP contribution in [0.15, 0.2) is 64.0 Å². The van der Waals surface area contributed by atoms with Crippen LogP contribution in [0.5, 0.6) is 0 Å². The first-order valence-corrected chi connectivity index (χ1v) is 7.22. The van der Waals surface area contributed by atoms with Crippen LogP contribution in [-0.4, -0.2) is 36.1 Å². The van der Waals surface area contributed by atoms with Crippen LogP contribution in [0.4, 0.5) is 11.4 Å². The highest BCUT2D eigenvalue weighted by molar-refractivity contribution is 5.95. The third kappa shape index (κ3) is 5.50. The van der Waals surface area contributed by atoms with Gasteiger partial charge in [-0.25, -0.2) is 5.43 Å². The minimum atomic E-state index is -0.482. The number of nitrogens with zero attached hydrogens (tertiary/aromatic N) is 5. The van der Waals surface area contributed by atoms with E-state index in [0.29, 0.717) is 16.8 Å². The van der Waals surface area contributed by atoms with Crippen LogP contribution in [0.3, 0.4) is 0 Å². The molecule has 0 aliphatic carbocycles. The lowest BCUT2D eigenvalue weighted by Crippen LogP contribution is -2.17. The van der Waals surface area contributed by atoms with E-state index in [2.05, 4.69) is 20.9 Å². The summed E-state index contributed by atoms with van der Waals surface area (Å²) in [4.78, 5) is 22.1. The molecule has 25 heavy (non-hydrogen) atoms. The van der Waals surface area contributed by atoms with Crippen LogP contribution < -0.4 is 5.43 Å². The maximum Gasteiger partial charge on any atom is 0.271 e. The Balaban J connectivity index is 1.94. The van der Waals surface area contributed by atoms with E-state index >= 15 is 0 Å². The molecular formula is C16H16N6O3. The maximum absolute atomic E-state index is 12.0. The average molecular weight is 340 g/mol. The van der Waals surface area contributed by atoms with Crippen molar-refractivity contribution < 1.29 is 9.72 Å². The normalized spacial score (nSPS) is 11.0. The number of non-ortho nitro benzene ring substituents is 1. The summed E-state index contributed by atoms with van der Waals surface area (Å²) in [6, 6.07) is 12.4. The third-order valence-electron chi connectivity index (χ3n) is 2.95. The zero-order chi connectivity index (χ0) is 18.2. The molecule has 128 valence electrons. The first-order valence-electron chi connectivity index (χ1n) is 7.22. The van der Waals surface area contributed by atoms with Gasteiger partial charge in [0.2, 0.25) is 0 Å². The van der Waals surface area contributed by atoms with Crippen LogP contribution in [-0.2, 0) is 0 Å². The van der Waals surface area contributed by atoms with Crippen LogP contribution in [0.1, 0.15) is 15.9 Å². The minimum Gasteiger partial charge on any atom is -0.285 e. The van der Waals surface area contributed by atoms with Gasteiger partial charge in [-0.05, 0) is 42.0 Å². The lowest BCUT2D eigenvalue weighted by molar-refractivity contribution is -0.384. The van der Waals surface area contributed by atoms with Gasteiger partial charge in [0.15, 0.2) is 0 Å². The van der Waals surface area contributed by atoms with Gasteiger partial charge in [0.05, 0.1) is 16.8 Å². The van der Waals surface area contributed by atoms with Crippen molar-refractivity contribution in [3.8, 4) is 0 Å². The van der Waals surface area contributed by atoms with Gasteiger partial charge in [-0.15, -0.1) is 5.11 Å². The Hall–Kier alpha value is -3.62. The molecule has 1 amide bonds. The Morgan fingerprint density at radius 3 is 2.32 bits per heavy atom. The number of hydrazone groups is 1. The summed E-state index contributed by atoms with van der Waals surface area (Å²) in [5.74, 6) is -0.380. The zero-order valence-corrected chi connectivity index (χ0v) is 13.7. The van der Waals surface area contributed by atoms with Gasteiger partial charge >= 0.3 is 0 Å². The first kappa shape index (κ1) is 17.7. The van der Waals surface area contributed by atoms with E-state index in [9.17, 15) is 14.9 Å². The number of carbonyl (C=O) groups is 1. The van der Waals surface area contributed by atoms with E-state index in [-0.39, 0.29) is 11.6 Å². The third-order valence-corrected chi connectivity index (χ3v) is 2.95. The number of hydrogen-bond acceptors (Lipinski definition) is 6. The Morgan fingerprint density at radius 2 is 1.76 bits per heavy atom. The molecule has 9 nitrogen and oxygen atoms in total. The van der Waals surface area contributed by atoms with E-state index in [1.807, 2.05) is 0 Å². The van der Waals surface area contributed by atoms with Crippen molar-refractivity contribution >= 4 is 23.5 Å². The predicted octanol–water partition coefficient (Wildman–Crippen LogP) is 2.92. The van der Waals surface area contributed by atoms with Gasteiger partial charge in [0.25, 0.3) is 11.6 Å².